The molecule has 0 fully saturated rings. The van der Waals surface area contributed by atoms with E-state index in [4.69, 9.17) is 4.74 Å². The molecule has 1 aromatic heterocycles. The van der Waals surface area contributed by atoms with Crippen LogP contribution < -0.4 is 14.2 Å². The number of aromatic nitrogens is 2. The second-order valence-corrected chi connectivity index (χ2v) is 10.1. The molecule has 0 aliphatic carbocycles. The van der Waals surface area contributed by atoms with E-state index >= 15 is 0 Å². The molecular formula is C21H18N4O5S2. The summed E-state index contributed by atoms with van der Waals surface area (Å²) in [6.07, 6.45) is 1.17. The molecule has 0 amide bonds. The first kappa shape index (κ1) is 21.5. The van der Waals surface area contributed by atoms with Gasteiger partial charge in [-0.15, -0.1) is 0 Å². The summed E-state index contributed by atoms with van der Waals surface area (Å²) in [5.74, 6) is 0.245. The molecule has 0 radical (unpaired) electrons. The molecule has 0 atom stereocenters. The Hall–Kier alpha value is -3.70. The third-order valence-electron chi connectivity index (χ3n) is 4.54. The summed E-state index contributed by atoms with van der Waals surface area (Å²) >= 11 is 0. The molecule has 0 saturated carbocycles. The zero-order valence-corrected chi connectivity index (χ0v) is 18.4. The van der Waals surface area contributed by atoms with Crippen LogP contribution in [0, 0.1) is 0 Å². The van der Waals surface area contributed by atoms with Crippen LogP contribution >= 0.6 is 0 Å². The van der Waals surface area contributed by atoms with E-state index in [1.54, 1.807) is 12.1 Å². The molecule has 164 valence electrons. The summed E-state index contributed by atoms with van der Waals surface area (Å²) in [5.41, 5.74) is 0.223. The van der Waals surface area contributed by atoms with E-state index < -0.39 is 20.0 Å². The maximum Gasteiger partial charge on any atom is 0.263 e. The number of nitrogens with one attached hydrogen (secondary N) is 2. The largest absolute Gasteiger partial charge is 0.481 e. The first-order chi connectivity index (χ1) is 15.3. The molecule has 1 heterocycles. The monoisotopic (exact) mass is 470 g/mol. The van der Waals surface area contributed by atoms with Crippen molar-refractivity contribution in [3.63, 3.8) is 0 Å². The van der Waals surface area contributed by atoms with E-state index in [1.165, 1.54) is 49.8 Å². The minimum atomic E-state index is -3.95. The van der Waals surface area contributed by atoms with Gasteiger partial charge in [0.2, 0.25) is 5.88 Å². The lowest BCUT2D eigenvalue weighted by Crippen LogP contribution is -2.15. The van der Waals surface area contributed by atoms with Gasteiger partial charge in [0.05, 0.1) is 16.9 Å². The molecular weight excluding hydrogens is 452 g/mol. The SMILES string of the molecule is COc1cc(NS(=O)(=O)c2ccc(NS(=O)(=O)c3ccc4ccccc4c3)cc2)ncn1. The Bertz CT molecular complexity index is 1490. The van der Waals surface area contributed by atoms with Crippen molar-refractivity contribution >= 4 is 42.3 Å². The molecule has 0 spiro atoms. The van der Waals surface area contributed by atoms with Gasteiger partial charge in [-0.3, -0.25) is 9.44 Å². The molecule has 3 aromatic carbocycles. The highest BCUT2D eigenvalue weighted by Gasteiger charge is 2.18. The van der Waals surface area contributed by atoms with Crippen molar-refractivity contribution in [3.05, 3.63) is 79.1 Å². The van der Waals surface area contributed by atoms with Crippen LogP contribution in [-0.4, -0.2) is 33.9 Å². The average molecular weight is 471 g/mol. The molecule has 0 aliphatic rings. The number of sulfonamides is 2. The number of anilines is 2. The van der Waals surface area contributed by atoms with E-state index in [1.807, 2.05) is 24.3 Å². The number of benzene rings is 3. The van der Waals surface area contributed by atoms with Crippen LogP contribution in [0.5, 0.6) is 5.88 Å². The van der Waals surface area contributed by atoms with Crippen molar-refractivity contribution in [3.8, 4) is 5.88 Å². The van der Waals surface area contributed by atoms with Crippen LogP contribution in [0.15, 0.2) is 88.9 Å². The number of hydrogen-bond acceptors (Lipinski definition) is 7. The summed E-state index contributed by atoms with van der Waals surface area (Å²) in [4.78, 5) is 7.70. The number of fused-ring (bicyclic) bond motifs is 1. The van der Waals surface area contributed by atoms with Gasteiger partial charge in [-0.1, -0.05) is 30.3 Å². The first-order valence-corrected chi connectivity index (χ1v) is 12.2. The molecule has 0 aliphatic heterocycles. The van der Waals surface area contributed by atoms with Crippen molar-refractivity contribution in [2.45, 2.75) is 9.79 Å². The Balaban J connectivity index is 1.53. The summed E-state index contributed by atoms with van der Waals surface area (Å²) in [7, 11) is -6.40. The Morgan fingerprint density at radius 3 is 2.09 bits per heavy atom. The van der Waals surface area contributed by atoms with E-state index in [0.29, 0.717) is 0 Å². The Kier molecular flexibility index (Phi) is 5.68. The summed E-state index contributed by atoms with van der Waals surface area (Å²) in [6, 6.07) is 18.9. The minimum absolute atomic E-state index is 0.0398. The predicted molar refractivity (Wildman–Crippen MR) is 121 cm³/mol. The number of nitrogens with zero attached hydrogens (tertiary/aromatic N) is 2. The first-order valence-electron chi connectivity index (χ1n) is 9.27. The third-order valence-corrected chi connectivity index (χ3v) is 7.29. The highest BCUT2D eigenvalue weighted by atomic mass is 32.2. The zero-order valence-electron chi connectivity index (χ0n) is 16.8. The summed E-state index contributed by atoms with van der Waals surface area (Å²) in [5, 5.41) is 1.72. The zero-order chi connectivity index (χ0) is 22.8. The molecule has 32 heavy (non-hydrogen) atoms. The van der Waals surface area contributed by atoms with Gasteiger partial charge in [0.25, 0.3) is 20.0 Å². The number of ether oxygens (including phenoxy) is 1. The van der Waals surface area contributed by atoms with Crippen molar-refractivity contribution in [1.29, 1.82) is 0 Å². The molecule has 0 bridgehead atoms. The predicted octanol–water partition coefficient (Wildman–Crippen LogP) is 3.24. The highest BCUT2D eigenvalue weighted by molar-refractivity contribution is 7.93. The summed E-state index contributed by atoms with van der Waals surface area (Å²) in [6.45, 7) is 0. The van der Waals surface area contributed by atoms with Crippen LogP contribution in [0.3, 0.4) is 0 Å². The van der Waals surface area contributed by atoms with Crippen molar-refractivity contribution < 1.29 is 21.6 Å². The fourth-order valence-corrected chi connectivity index (χ4v) is 5.05. The Labute approximate surface area is 185 Å². The molecule has 2 N–H and O–H groups in total. The van der Waals surface area contributed by atoms with Gasteiger partial charge in [0.15, 0.2) is 0 Å². The lowest BCUT2D eigenvalue weighted by atomic mass is 10.1. The second-order valence-electron chi connectivity index (χ2n) is 6.69. The highest BCUT2D eigenvalue weighted by Crippen LogP contribution is 2.23. The van der Waals surface area contributed by atoms with Crippen molar-refractivity contribution in [2.24, 2.45) is 0 Å². The molecule has 4 aromatic rings. The van der Waals surface area contributed by atoms with Crippen molar-refractivity contribution in [1.82, 2.24) is 9.97 Å². The molecule has 4 rings (SSSR count). The fourth-order valence-electron chi connectivity index (χ4n) is 2.95. The van der Waals surface area contributed by atoms with E-state index in [9.17, 15) is 16.8 Å². The molecule has 9 nitrogen and oxygen atoms in total. The van der Waals surface area contributed by atoms with Gasteiger partial charge >= 0.3 is 0 Å². The van der Waals surface area contributed by atoms with E-state index in [-0.39, 0.29) is 27.2 Å². The van der Waals surface area contributed by atoms with E-state index in [0.717, 1.165) is 10.8 Å². The molecule has 0 saturated heterocycles. The molecule has 0 unspecified atom stereocenters. The lowest BCUT2D eigenvalue weighted by molar-refractivity contribution is 0.397. The van der Waals surface area contributed by atoms with Gasteiger partial charge in [-0.25, -0.2) is 26.8 Å². The second kappa shape index (κ2) is 8.44. The number of hydrogen-bond donors (Lipinski definition) is 2. The van der Waals surface area contributed by atoms with Crippen LogP contribution in [0.2, 0.25) is 0 Å². The van der Waals surface area contributed by atoms with E-state index in [2.05, 4.69) is 19.4 Å². The van der Waals surface area contributed by atoms with Gasteiger partial charge < -0.3 is 4.74 Å². The fraction of sp³-hybridized carbons (Fsp3) is 0.0476. The average Bonchev–Trinajstić information content (AvgIpc) is 2.78. The number of rotatable bonds is 7. The lowest BCUT2D eigenvalue weighted by Gasteiger charge is -2.11. The summed E-state index contributed by atoms with van der Waals surface area (Å²) < 4.78 is 60.4. The smallest absolute Gasteiger partial charge is 0.263 e. The normalized spacial score (nSPS) is 11.8. The van der Waals surface area contributed by atoms with Gasteiger partial charge in [0.1, 0.15) is 12.1 Å². The van der Waals surface area contributed by atoms with Gasteiger partial charge in [-0.2, -0.15) is 0 Å². The number of methoxy groups -OCH3 is 1. The standard InChI is InChI=1S/C21H18N4O5S2/c1-30-21-13-20(22-14-23-21)25-31(26,27)18-10-7-17(8-11-18)24-32(28,29)19-9-6-15-4-2-3-5-16(15)12-19/h2-14,24H,1H3,(H,22,23,25). The van der Waals surface area contributed by atoms with Crippen LogP contribution in [-0.2, 0) is 20.0 Å². The minimum Gasteiger partial charge on any atom is -0.481 e. The molecule has 11 heteroatoms. The van der Waals surface area contributed by atoms with Gasteiger partial charge in [0, 0.05) is 11.8 Å². The van der Waals surface area contributed by atoms with Gasteiger partial charge in [-0.05, 0) is 47.2 Å². The van der Waals surface area contributed by atoms with Crippen LogP contribution in [0.4, 0.5) is 11.5 Å². The van der Waals surface area contributed by atoms with Crippen molar-refractivity contribution in [2.75, 3.05) is 16.6 Å². The van der Waals surface area contributed by atoms with Crippen LogP contribution in [0.1, 0.15) is 0 Å². The maximum absolute atomic E-state index is 12.8. The topological polar surface area (TPSA) is 127 Å². The Morgan fingerprint density at radius 1 is 0.719 bits per heavy atom. The third kappa shape index (κ3) is 4.63. The van der Waals surface area contributed by atoms with Crippen LogP contribution in [0.25, 0.3) is 10.8 Å². The Morgan fingerprint density at radius 2 is 1.38 bits per heavy atom. The maximum atomic E-state index is 12.8. The quantitative estimate of drug-likeness (QED) is 0.424.